The SMILES string of the molecule is O=C(O)CCNC1C(=O)Nc2ccc(Cl)cc21. The van der Waals surface area contributed by atoms with Gasteiger partial charge in [-0.1, -0.05) is 11.6 Å². The second-order valence-corrected chi connectivity index (χ2v) is 4.19. The van der Waals surface area contributed by atoms with Gasteiger partial charge in [-0.05, 0) is 18.2 Å². The number of aliphatic carboxylic acids is 1. The standard InChI is InChI=1S/C11H11ClN2O3/c12-6-1-2-8-7(5-6)10(11(17)14-8)13-4-3-9(15)16/h1-2,5,10,13H,3-4H2,(H,14,17)(H,15,16). The second-order valence-electron chi connectivity index (χ2n) is 3.75. The maximum Gasteiger partial charge on any atom is 0.304 e. The Morgan fingerprint density at radius 2 is 2.29 bits per heavy atom. The average molecular weight is 255 g/mol. The van der Waals surface area contributed by atoms with Crippen molar-refractivity contribution in [2.24, 2.45) is 0 Å². The Bertz CT molecular complexity index is 476. The molecule has 1 unspecified atom stereocenters. The van der Waals surface area contributed by atoms with Gasteiger partial charge in [-0.15, -0.1) is 0 Å². The Balaban J connectivity index is 2.11. The first kappa shape index (κ1) is 11.9. The van der Waals surface area contributed by atoms with Gasteiger partial charge < -0.3 is 15.7 Å². The van der Waals surface area contributed by atoms with Crippen LogP contribution in [0.1, 0.15) is 18.0 Å². The molecule has 0 aromatic heterocycles. The van der Waals surface area contributed by atoms with E-state index in [1.54, 1.807) is 18.2 Å². The molecular weight excluding hydrogens is 244 g/mol. The van der Waals surface area contributed by atoms with Crippen LogP contribution in [-0.2, 0) is 9.59 Å². The number of anilines is 1. The molecule has 17 heavy (non-hydrogen) atoms. The summed E-state index contributed by atoms with van der Waals surface area (Å²) in [5, 5.41) is 14.7. The van der Waals surface area contributed by atoms with Crippen LogP contribution in [0.5, 0.6) is 0 Å². The lowest BCUT2D eigenvalue weighted by atomic mass is 10.1. The lowest BCUT2D eigenvalue weighted by molar-refractivity contribution is -0.137. The van der Waals surface area contributed by atoms with E-state index in [-0.39, 0.29) is 18.9 Å². The van der Waals surface area contributed by atoms with Gasteiger partial charge in [0.25, 0.3) is 0 Å². The summed E-state index contributed by atoms with van der Waals surface area (Å²) in [6.07, 6.45) is -0.0281. The van der Waals surface area contributed by atoms with E-state index in [1.165, 1.54) is 0 Å². The van der Waals surface area contributed by atoms with Crippen LogP contribution in [0, 0.1) is 0 Å². The van der Waals surface area contributed by atoms with Crippen molar-refractivity contribution in [1.29, 1.82) is 0 Å². The molecule has 1 atom stereocenters. The smallest absolute Gasteiger partial charge is 0.304 e. The molecule has 6 heteroatoms. The van der Waals surface area contributed by atoms with Crippen molar-refractivity contribution in [3.8, 4) is 0 Å². The predicted octanol–water partition coefficient (Wildman–Crippen LogP) is 1.40. The highest BCUT2D eigenvalue weighted by atomic mass is 35.5. The first-order chi connectivity index (χ1) is 8.08. The molecule has 1 aliphatic rings. The van der Waals surface area contributed by atoms with E-state index in [0.717, 1.165) is 5.56 Å². The number of carbonyl (C=O) groups is 2. The number of fused-ring (bicyclic) bond motifs is 1. The van der Waals surface area contributed by atoms with Crippen molar-refractivity contribution < 1.29 is 14.7 Å². The van der Waals surface area contributed by atoms with Crippen LogP contribution in [0.25, 0.3) is 0 Å². The number of carboxylic acids is 1. The average Bonchev–Trinajstić information content (AvgIpc) is 2.55. The summed E-state index contributed by atoms with van der Waals surface area (Å²) in [5.41, 5.74) is 1.47. The van der Waals surface area contributed by atoms with Crippen LogP contribution in [0.3, 0.4) is 0 Å². The minimum absolute atomic E-state index is 0.0281. The molecule has 0 fully saturated rings. The number of nitrogens with one attached hydrogen (secondary N) is 2. The van der Waals surface area contributed by atoms with Gasteiger partial charge >= 0.3 is 5.97 Å². The molecule has 90 valence electrons. The third kappa shape index (κ3) is 2.57. The number of amides is 1. The summed E-state index contributed by atoms with van der Waals surface area (Å²) >= 11 is 5.86. The Morgan fingerprint density at radius 3 is 3.00 bits per heavy atom. The zero-order chi connectivity index (χ0) is 12.4. The molecule has 0 radical (unpaired) electrons. The van der Waals surface area contributed by atoms with Gasteiger partial charge in [0.15, 0.2) is 0 Å². The summed E-state index contributed by atoms with van der Waals surface area (Å²) in [6.45, 7) is 0.235. The maximum absolute atomic E-state index is 11.7. The fraction of sp³-hybridized carbons (Fsp3) is 0.273. The van der Waals surface area contributed by atoms with Crippen molar-refractivity contribution in [1.82, 2.24) is 5.32 Å². The predicted molar refractivity (Wildman–Crippen MR) is 63.1 cm³/mol. The van der Waals surface area contributed by atoms with E-state index in [4.69, 9.17) is 16.7 Å². The van der Waals surface area contributed by atoms with Crippen molar-refractivity contribution in [3.63, 3.8) is 0 Å². The van der Waals surface area contributed by atoms with E-state index in [1.807, 2.05) is 0 Å². The number of hydrogen-bond acceptors (Lipinski definition) is 3. The Kier molecular flexibility index (Phi) is 3.31. The van der Waals surface area contributed by atoms with E-state index >= 15 is 0 Å². The van der Waals surface area contributed by atoms with Crippen molar-refractivity contribution >= 4 is 29.2 Å². The normalized spacial score (nSPS) is 17.7. The van der Waals surface area contributed by atoms with Crippen LogP contribution < -0.4 is 10.6 Å². The minimum atomic E-state index is -0.901. The molecule has 1 aromatic rings. The molecule has 1 amide bonds. The third-order valence-electron chi connectivity index (χ3n) is 2.53. The van der Waals surface area contributed by atoms with E-state index in [2.05, 4.69) is 10.6 Å². The lowest BCUT2D eigenvalue weighted by Gasteiger charge is -2.10. The highest BCUT2D eigenvalue weighted by Gasteiger charge is 2.30. The minimum Gasteiger partial charge on any atom is -0.481 e. The molecule has 2 rings (SSSR count). The molecular formula is C11H11ClN2O3. The Hall–Kier alpha value is -1.59. The molecule has 3 N–H and O–H groups in total. The highest BCUT2D eigenvalue weighted by Crippen LogP contribution is 2.32. The van der Waals surface area contributed by atoms with E-state index in [0.29, 0.717) is 10.7 Å². The number of carbonyl (C=O) groups excluding carboxylic acids is 1. The van der Waals surface area contributed by atoms with Crippen LogP contribution in [0.2, 0.25) is 5.02 Å². The molecule has 5 nitrogen and oxygen atoms in total. The summed E-state index contributed by atoms with van der Waals surface area (Å²) in [7, 11) is 0. The van der Waals surface area contributed by atoms with Crippen LogP contribution in [0.4, 0.5) is 5.69 Å². The zero-order valence-electron chi connectivity index (χ0n) is 8.87. The van der Waals surface area contributed by atoms with Crippen molar-refractivity contribution in [3.05, 3.63) is 28.8 Å². The van der Waals surface area contributed by atoms with Gasteiger partial charge in [0.2, 0.25) is 5.91 Å². The first-order valence-electron chi connectivity index (χ1n) is 5.13. The van der Waals surface area contributed by atoms with E-state index in [9.17, 15) is 9.59 Å². The molecule has 0 spiro atoms. The Labute approximate surface area is 103 Å². The number of benzene rings is 1. The van der Waals surface area contributed by atoms with Crippen LogP contribution >= 0.6 is 11.6 Å². The zero-order valence-corrected chi connectivity index (χ0v) is 9.62. The van der Waals surface area contributed by atoms with Gasteiger partial charge in [0, 0.05) is 22.8 Å². The van der Waals surface area contributed by atoms with Crippen molar-refractivity contribution in [2.45, 2.75) is 12.5 Å². The maximum atomic E-state index is 11.7. The molecule has 0 aliphatic carbocycles. The number of hydrogen-bond donors (Lipinski definition) is 3. The highest BCUT2D eigenvalue weighted by molar-refractivity contribution is 6.31. The number of carboxylic acid groups (broad SMARTS) is 1. The first-order valence-corrected chi connectivity index (χ1v) is 5.51. The fourth-order valence-corrected chi connectivity index (χ4v) is 1.94. The van der Waals surface area contributed by atoms with Gasteiger partial charge in [0.05, 0.1) is 6.42 Å². The summed E-state index contributed by atoms with van der Waals surface area (Å²) < 4.78 is 0. The molecule has 1 heterocycles. The van der Waals surface area contributed by atoms with Gasteiger partial charge in [-0.2, -0.15) is 0 Å². The van der Waals surface area contributed by atoms with Gasteiger partial charge in [-0.3, -0.25) is 9.59 Å². The number of halogens is 1. The molecule has 0 bridgehead atoms. The molecule has 1 aliphatic heterocycles. The van der Waals surface area contributed by atoms with Crippen LogP contribution in [-0.4, -0.2) is 23.5 Å². The molecule has 0 saturated heterocycles. The summed E-state index contributed by atoms with van der Waals surface area (Å²) in [4.78, 5) is 22.0. The summed E-state index contributed by atoms with van der Waals surface area (Å²) in [5.74, 6) is -1.09. The third-order valence-corrected chi connectivity index (χ3v) is 2.77. The largest absolute Gasteiger partial charge is 0.481 e. The van der Waals surface area contributed by atoms with Gasteiger partial charge in [0.1, 0.15) is 6.04 Å². The quantitative estimate of drug-likeness (QED) is 0.759. The number of rotatable bonds is 4. The van der Waals surface area contributed by atoms with Crippen molar-refractivity contribution in [2.75, 3.05) is 11.9 Å². The summed E-state index contributed by atoms with van der Waals surface area (Å²) in [6, 6.07) is 4.60. The van der Waals surface area contributed by atoms with Gasteiger partial charge in [-0.25, -0.2) is 0 Å². The topological polar surface area (TPSA) is 78.4 Å². The fourth-order valence-electron chi connectivity index (χ4n) is 1.76. The Morgan fingerprint density at radius 1 is 1.53 bits per heavy atom. The molecule has 0 saturated carbocycles. The van der Waals surface area contributed by atoms with Crippen LogP contribution in [0.15, 0.2) is 18.2 Å². The molecule has 1 aromatic carbocycles. The lowest BCUT2D eigenvalue weighted by Crippen LogP contribution is -2.29. The second kappa shape index (κ2) is 4.73. The monoisotopic (exact) mass is 254 g/mol. The van der Waals surface area contributed by atoms with E-state index < -0.39 is 12.0 Å².